The summed E-state index contributed by atoms with van der Waals surface area (Å²) >= 11 is 0. The van der Waals surface area contributed by atoms with Crippen molar-refractivity contribution in [3.63, 3.8) is 0 Å². The van der Waals surface area contributed by atoms with Gasteiger partial charge in [0.25, 0.3) is 0 Å². The molecule has 116 valence electrons. The maximum absolute atomic E-state index is 12.0. The van der Waals surface area contributed by atoms with Crippen LogP contribution in [0.4, 0.5) is 4.79 Å². The average Bonchev–Trinajstić information content (AvgIpc) is 2.35. The molecule has 6 nitrogen and oxygen atoms in total. The molecule has 0 saturated heterocycles. The Bertz CT molecular complexity index is 333. The Morgan fingerprint density at radius 1 is 1.25 bits per heavy atom. The number of hydrogen-bond acceptors (Lipinski definition) is 4. The van der Waals surface area contributed by atoms with E-state index in [0.717, 1.165) is 25.7 Å². The van der Waals surface area contributed by atoms with Crippen LogP contribution in [0.3, 0.4) is 0 Å². The first-order chi connectivity index (χ1) is 9.31. The Labute approximate surface area is 120 Å². The van der Waals surface area contributed by atoms with Gasteiger partial charge in [-0.25, -0.2) is 4.79 Å². The van der Waals surface area contributed by atoms with E-state index in [-0.39, 0.29) is 11.9 Å². The number of aliphatic hydroxyl groups is 1. The number of hydrogen-bond donors (Lipinski definition) is 3. The lowest BCUT2D eigenvalue weighted by molar-refractivity contribution is -0.125. The average molecular weight is 286 g/mol. The van der Waals surface area contributed by atoms with Gasteiger partial charge in [0.15, 0.2) is 0 Å². The summed E-state index contributed by atoms with van der Waals surface area (Å²) in [7, 11) is 0. The Morgan fingerprint density at radius 2 is 1.85 bits per heavy atom. The molecule has 20 heavy (non-hydrogen) atoms. The van der Waals surface area contributed by atoms with Gasteiger partial charge < -0.3 is 20.5 Å². The largest absolute Gasteiger partial charge is 0.444 e. The van der Waals surface area contributed by atoms with Crippen LogP contribution < -0.4 is 10.6 Å². The van der Waals surface area contributed by atoms with Gasteiger partial charge in [-0.2, -0.15) is 0 Å². The molecule has 0 heterocycles. The summed E-state index contributed by atoms with van der Waals surface area (Å²) in [5.74, 6) is -0.356. The number of aliphatic hydroxyl groups excluding tert-OH is 1. The van der Waals surface area contributed by atoms with E-state index in [1.807, 2.05) is 0 Å². The molecule has 0 aliphatic heterocycles. The van der Waals surface area contributed by atoms with Crippen LogP contribution in [-0.2, 0) is 9.53 Å². The quantitative estimate of drug-likeness (QED) is 0.727. The lowest BCUT2D eigenvalue weighted by atomic mass is 9.95. The second kappa shape index (κ2) is 7.47. The van der Waals surface area contributed by atoms with Crippen molar-refractivity contribution < 1.29 is 19.4 Å². The zero-order valence-corrected chi connectivity index (χ0v) is 12.6. The zero-order chi connectivity index (χ0) is 15.2. The first kappa shape index (κ1) is 16.8. The summed E-state index contributed by atoms with van der Waals surface area (Å²) in [6.45, 7) is 4.77. The van der Waals surface area contributed by atoms with Gasteiger partial charge in [-0.3, -0.25) is 4.79 Å². The predicted octanol–water partition coefficient (Wildman–Crippen LogP) is 1.32. The van der Waals surface area contributed by atoms with Crippen molar-refractivity contribution in [1.82, 2.24) is 10.6 Å². The maximum Gasteiger partial charge on any atom is 0.408 e. The van der Waals surface area contributed by atoms with Crippen molar-refractivity contribution >= 4 is 12.0 Å². The van der Waals surface area contributed by atoms with Crippen LogP contribution in [0.2, 0.25) is 0 Å². The lowest BCUT2D eigenvalue weighted by Crippen LogP contribution is -2.52. The van der Waals surface area contributed by atoms with Gasteiger partial charge in [0.2, 0.25) is 5.91 Å². The molecular formula is C14H26N2O4. The first-order valence-corrected chi connectivity index (χ1v) is 7.22. The van der Waals surface area contributed by atoms with E-state index in [1.165, 1.54) is 6.42 Å². The second-order valence-electron chi connectivity index (χ2n) is 6.22. The van der Waals surface area contributed by atoms with Crippen LogP contribution in [0.1, 0.15) is 52.9 Å². The van der Waals surface area contributed by atoms with E-state index in [1.54, 1.807) is 20.8 Å². The van der Waals surface area contributed by atoms with E-state index in [9.17, 15) is 14.7 Å². The van der Waals surface area contributed by atoms with E-state index in [4.69, 9.17) is 4.74 Å². The summed E-state index contributed by atoms with van der Waals surface area (Å²) in [5.41, 5.74) is -0.635. The molecule has 0 aromatic carbocycles. The van der Waals surface area contributed by atoms with E-state index < -0.39 is 24.3 Å². The number of carbonyl (C=O) groups excluding carboxylic acids is 2. The smallest absolute Gasteiger partial charge is 0.408 e. The zero-order valence-electron chi connectivity index (χ0n) is 12.6. The van der Waals surface area contributed by atoms with Crippen molar-refractivity contribution in [1.29, 1.82) is 0 Å². The third-order valence-corrected chi connectivity index (χ3v) is 3.14. The minimum absolute atomic E-state index is 0.144. The summed E-state index contributed by atoms with van der Waals surface area (Å²) in [6, 6.07) is -0.822. The van der Waals surface area contributed by atoms with Gasteiger partial charge in [-0.1, -0.05) is 19.3 Å². The second-order valence-corrected chi connectivity index (χ2v) is 6.22. The molecule has 1 atom stereocenters. The van der Waals surface area contributed by atoms with Gasteiger partial charge >= 0.3 is 6.09 Å². The van der Waals surface area contributed by atoms with Crippen LogP contribution in [0.15, 0.2) is 0 Å². The fourth-order valence-corrected chi connectivity index (χ4v) is 2.19. The van der Waals surface area contributed by atoms with Gasteiger partial charge in [0.1, 0.15) is 11.6 Å². The third kappa shape index (κ3) is 6.23. The van der Waals surface area contributed by atoms with Crippen LogP contribution in [0, 0.1) is 0 Å². The number of nitrogens with one attached hydrogen (secondary N) is 2. The molecule has 1 aliphatic carbocycles. The highest BCUT2D eigenvalue weighted by Gasteiger charge is 2.25. The molecule has 0 spiro atoms. The van der Waals surface area contributed by atoms with Crippen LogP contribution in [-0.4, -0.2) is 41.4 Å². The van der Waals surface area contributed by atoms with Crippen LogP contribution in [0.5, 0.6) is 0 Å². The molecule has 1 fully saturated rings. The molecule has 0 radical (unpaired) electrons. The minimum Gasteiger partial charge on any atom is -0.444 e. The molecule has 3 N–H and O–H groups in total. The van der Waals surface area contributed by atoms with Crippen molar-refractivity contribution in [2.24, 2.45) is 0 Å². The third-order valence-electron chi connectivity index (χ3n) is 3.14. The molecule has 0 unspecified atom stereocenters. The molecule has 1 rings (SSSR count). The monoisotopic (exact) mass is 286 g/mol. The van der Waals surface area contributed by atoms with Crippen LogP contribution >= 0.6 is 0 Å². The molecular weight excluding hydrogens is 260 g/mol. The number of rotatable bonds is 4. The summed E-state index contributed by atoms with van der Waals surface area (Å²) in [6.07, 6.45) is 4.62. The number of ether oxygens (including phenoxy) is 1. The van der Waals surface area contributed by atoms with Gasteiger partial charge in [-0.05, 0) is 33.6 Å². The minimum atomic E-state index is -0.966. The molecule has 0 aromatic rings. The summed E-state index contributed by atoms with van der Waals surface area (Å²) < 4.78 is 5.07. The normalized spacial score (nSPS) is 18.2. The molecule has 2 amide bonds. The Balaban J connectivity index is 2.43. The highest BCUT2D eigenvalue weighted by Crippen LogP contribution is 2.17. The van der Waals surface area contributed by atoms with Gasteiger partial charge in [0, 0.05) is 6.04 Å². The van der Waals surface area contributed by atoms with Gasteiger partial charge in [0.05, 0.1) is 6.61 Å². The van der Waals surface area contributed by atoms with Gasteiger partial charge in [-0.15, -0.1) is 0 Å². The van der Waals surface area contributed by atoms with E-state index in [2.05, 4.69) is 10.6 Å². The lowest BCUT2D eigenvalue weighted by Gasteiger charge is -2.26. The topological polar surface area (TPSA) is 87.7 Å². The highest BCUT2D eigenvalue weighted by atomic mass is 16.6. The summed E-state index contributed by atoms with van der Waals surface area (Å²) in [4.78, 5) is 23.6. The molecule has 1 saturated carbocycles. The Kier molecular flexibility index (Phi) is 6.26. The SMILES string of the molecule is CC(C)(C)OC(=O)N[C@@H](CO)C(=O)NC1CCCCC1. The Hall–Kier alpha value is -1.30. The number of amides is 2. The molecule has 1 aliphatic rings. The molecule has 0 bridgehead atoms. The Morgan fingerprint density at radius 3 is 2.35 bits per heavy atom. The standard InChI is InChI=1S/C14H26N2O4/c1-14(2,3)20-13(19)16-11(9-17)12(18)15-10-7-5-4-6-8-10/h10-11,17H,4-9H2,1-3H3,(H,15,18)(H,16,19)/t11-/m0/s1. The molecule has 0 aromatic heterocycles. The van der Waals surface area contributed by atoms with Crippen molar-refractivity contribution in [3.8, 4) is 0 Å². The first-order valence-electron chi connectivity index (χ1n) is 7.22. The molecule has 6 heteroatoms. The van der Waals surface area contributed by atoms with E-state index >= 15 is 0 Å². The fourth-order valence-electron chi connectivity index (χ4n) is 2.19. The predicted molar refractivity (Wildman–Crippen MR) is 75.3 cm³/mol. The summed E-state index contributed by atoms with van der Waals surface area (Å²) in [5, 5.41) is 14.5. The number of alkyl carbamates (subject to hydrolysis) is 1. The highest BCUT2D eigenvalue weighted by molar-refractivity contribution is 5.86. The van der Waals surface area contributed by atoms with Crippen molar-refractivity contribution in [3.05, 3.63) is 0 Å². The van der Waals surface area contributed by atoms with Crippen LogP contribution in [0.25, 0.3) is 0 Å². The number of carbonyl (C=O) groups is 2. The van der Waals surface area contributed by atoms with Crippen molar-refractivity contribution in [2.75, 3.05) is 6.61 Å². The fraction of sp³-hybridized carbons (Fsp3) is 0.857. The van der Waals surface area contributed by atoms with Crippen molar-refractivity contribution in [2.45, 2.75) is 70.6 Å². The maximum atomic E-state index is 12.0. The van der Waals surface area contributed by atoms with E-state index in [0.29, 0.717) is 0 Å².